The van der Waals surface area contributed by atoms with Crippen LogP contribution in [0.1, 0.15) is 35.6 Å². The van der Waals surface area contributed by atoms with Crippen molar-refractivity contribution in [1.29, 1.82) is 0 Å². The maximum absolute atomic E-state index is 12.2. The lowest BCUT2D eigenvalue weighted by molar-refractivity contribution is -0.0498. The van der Waals surface area contributed by atoms with E-state index < -0.39 is 12.6 Å². The summed E-state index contributed by atoms with van der Waals surface area (Å²) in [6, 6.07) is 6.06. The molecule has 23 heavy (non-hydrogen) atoms. The van der Waals surface area contributed by atoms with Crippen LogP contribution in [0.2, 0.25) is 0 Å². The Labute approximate surface area is 132 Å². The predicted molar refractivity (Wildman–Crippen MR) is 80.3 cm³/mol. The molecule has 0 aliphatic rings. The predicted octanol–water partition coefficient (Wildman–Crippen LogP) is 3.52. The molecule has 0 radical (unpaired) electrons. The SMILES string of the molecule is CCOC(=O)c1c(CC)nn(-c2ccc(OC(F)F)cc2)c1C. The van der Waals surface area contributed by atoms with Crippen molar-refractivity contribution in [3.05, 3.63) is 41.2 Å². The third-order valence-electron chi connectivity index (χ3n) is 3.31. The number of ether oxygens (including phenoxy) is 2. The third kappa shape index (κ3) is 3.67. The summed E-state index contributed by atoms with van der Waals surface area (Å²) in [4.78, 5) is 12.1. The van der Waals surface area contributed by atoms with Crippen LogP contribution in [0.4, 0.5) is 8.78 Å². The number of rotatable bonds is 6. The van der Waals surface area contributed by atoms with Crippen LogP contribution in [-0.4, -0.2) is 29.0 Å². The molecule has 0 spiro atoms. The van der Waals surface area contributed by atoms with Crippen molar-refractivity contribution in [2.75, 3.05) is 6.61 Å². The fourth-order valence-electron chi connectivity index (χ4n) is 2.30. The van der Waals surface area contributed by atoms with Crippen LogP contribution >= 0.6 is 0 Å². The molecular formula is C16H18F2N2O3. The first-order chi connectivity index (χ1) is 11.0. The molecule has 1 heterocycles. The van der Waals surface area contributed by atoms with E-state index in [-0.39, 0.29) is 12.4 Å². The zero-order valence-corrected chi connectivity index (χ0v) is 13.2. The average Bonchev–Trinajstić information content (AvgIpc) is 2.84. The van der Waals surface area contributed by atoms with Crippen LogP contribution in [0.25, 0.3) is 5.69 Å². The molecule has 124 valence electrons. The number of benzene rings is 1. The third-order valence-corrected chi connectivity index (χ3v) is 3.31. The van der Waals surface area contributed by atoms with Crippen LogP contribution in [0.15, 0.2) is 24.3 Å². The van der Waals surface area contributed by atoms with Gasteiger partial charge in [-0.1, -0.05) is 6.92 Å². The Balaban J connectivity index is 2.38. The van der Waals surface area contributed by atoms with Gasteiger partial charge in [-0.05, 0) is 44.5 Å². The lowest BCUT2D eigenvalue weighted by Crippen LogP contribution is -2.08. The Hall–Kier alpha value is -2.44. The second kappa shape index (κ2) is 7.21. The fourth-order valence-corrected chi connectivity index (χ4v) is 2.30. The van der Waals surface area contributed by atoms with Crippen molar-refractivity contribution in [3.63, 3.8) is 0 Å². The van der Waals surface area contributed by atoms with Gasteiger partial charge in [0.1, 0.15) is 11.3 Å². The molecule has 2 rings (SSSR count). The standard InChI is InChI=1S/C16H18F2N2O3/c1-4-13-14(15(21)22-5-2)10(3)20(19-13)11-6-8-12(9-7-11)23-16(17)18/h6-9,16H,4-5H2,1-3H3. The van der Waals surface area contributed by atoms with E-state index in [1.165, 1.54) is 12.1 Å². The Morgan fingerprint density at radius 2 is 1.91 bits per heavy atom. The second-order valence-corrected chi connectivity index (χ2v) is 4.77. The van der Waals surface area contributed by atoms with E-state index in [1.54, 1.807) is 30.7 Å². The monoisotopic (exact) mass is 324 g/mol. The number of aryl methyl sites for hydroxylation is 1. The zero-order chi connectivity index (χ0) is 17.0. The molecule has 0 amide bonds. The molecular weight excluding hydrogens is 306 g/mol. The van der Waals surface area contributed by atoms with E-state index in [1.807, 2.05) is 6.92 Å². The number of nitrogens with zero attached hydrogens (tertiary/aromatic N) is 2. The number of hydrogen-bond donors (Lipinski definition) is 0. The van der Waals surface area contributed by atoms with E-state index in [0.717, 1.165) is 0 Å². The van der Waals surface area contributed by atoms with Crippen molar-refractivity contribution < 1.29 is 23.0 Å². The molecule has 0 aliphatic carbocycles. The largest absolute Gasteiger partial charge is 0.462 e. The van der Waals surface area contributed by atoms with Crippen molar-refractivity contribution in [2.45, 2.75) is 33.8 Å². The lowest BCUT2D eigenvalue weighted by Gasteiger charge is -2.08. The zero-order valence-electron chi connectivity index (χ0n) is 13.2. The van der Waals surface area contributed by atoms with Crippen molar-refractivity contribution in [2.24, 2.45) is 0 Å². The van der Waals surface area contributed by atoms with Gasteiger partial charge in [0.2, 0.25) is 0 Å². The van der Waals surface area contributed by atoms with E-state index in [4.69, 9.17) is 4.74 Å². The second-order valence-electron chi connectivity index (χ2n) is 4.77. The molecule has 0 fully saturated rings. The molecule has 0 bridgehead atoms. The van der Waals surface area contributed by atoms with Gasteiger partial charge in [0.15, 0.2) is 0 Å². The highest BCUT2D eigenvalue weighted by Crippen LogP contribution is 2.22. The molecule has 1 aromatic carbocycles. The highest BCUT2D eigenvalue weighted by Gasteiger charge is 2.21. The summed E-state index contributed by atoms with van der Waals surface area (Å²) in [6.45, 7) is 2.82. The van der Waals surface area contributed by atoms with Gasteiger partial charge in [-0.15, -0.1) is 0 Å². The topological polar surface area (TPSA) is 53.3 Å². The minimum absolute atomic E-state index is 0.0647. The Kier molecular flexibility index (Phi) is 5.31. The summed E-state index contributed by atoms with van der Waals surface area (Å²) in [7, 11) is 0. The lowest BCUT2D eigenvalue weighted by atomic mass is 10.1. The van der Waals surface area contributed by atoms with Crippen LogP contribution in [-0.2, 0) is 11.2 Å². The normalized spacial score (nSPS) is 10.9. The first-order valence-corrected chi connectivity index (χ1v) is 7.28. The van der Waals surface area contributed by atoms with Crippen molar-refractivity contribution >= 4 is 5.97 Å². The highest BCUT2D eigenvalue weighted by molar-refractivity contribution is 5.92. The number of carbonyl (C=O) groups excluding carboxylic acids is 1. The number of esters is 1. The van der Waals surface area contributed by atoms with Gasteiger partial charge in [-0.3, -0.25) is 0 Å². The fraction of sp³-hybridized carbons (Fsp3) is 0.375. The highest BCUT2D eigenvalue weighted by atomic mass is 19.3. The molecule has 2 aromatic rings. The molecule has 5 nitrogen and oxygen atoms in total. The van der Waals surface area contributed by atoms with Crippen LogP contribution in [0.3, 0.4) is 0 Å². The Bertz CT molecular complexity index is 681. The van der Waals surface area contributed by atoms with Crippen LogP contribution in [0.5, 0.6) is 5.75 Å². The average molecular weight is 324 g/mol. The van der Waals surface area contributed by atoms with E-state index in [2.05, 4.69) is 9.84 Å². The van der Waals surface area contributed by atoms with Crippen molar-refractivity contribution in [3.8, 4) is 11.4 Å². The van der Waals surface area contributed by atoms with Crippen LogP contribution < -0.4 is 4.74 Å². The number of aromatic nitrogens is 2. The molecule has 1 aromatic heterocycles. The molecule has 0 unspecified atom stereocenters. The Morgan fingerprint density at radius 1 is 1.26 bits per heavy atom. The maximum Gasteiger partial charge on any atom is 0.387 e. The molecule has 7 heteroatoms. The summed E-state index contributed by atoms with van der Waals surface area (Å²) >= 11 is 0. The van der Waals surface area contributed by atoms with E-state index in [9.17, 15) is 13.6 Å². The first kappa shape index (κ1) is 16.9. The summed E-state index contributed by atoms with van der Waals surface area (Å²) in [5.74, 6) is -0.347. The number of halogens is 2. The Morgan fingerprint density at radius 3 is 2.43 bits per heavy atom. The van der Waals surface area contributed by atoms with Crippen molar-refractivity contribution in [1.82, 2.24) is 9.78 Å². The quantitative estimate of drug-likeness (QED) is 0.763. The minimum Gasteiger partial charge on any atom is -0.462 e. The summed E-state index contributed by atoms with van der Waals surface area (Å²) < 4.78 is 35.3. The number of alkyl halides is 2. The van der Waals surface area contributed by atoms with Gasteiger partial charge in [0, 0.05) is 0 Å². The summed E-state index contributed by atoms with van der Waals surface area (Å²) in [5.41, 5.74) is 2.37. The van der Waals surface area contributed by atoms with Crippen LogP contribution in [0, 0.1) is 6.92 Å². The summed E-state index contributed by atoms with van der Waals surface area (Å²) in [6.07, 6.45) is 0.578. The number of carbonyl (C=O) groups is 1. The van der Waals surface area contributed by atoms with E-state index in [0.29, 0.717) is 29.1 Å². The van der Waals surface area contributed by atoms with Gasteiger partial charge in [-0.25, -0.2) is 9.48 Å². The first-order valence-electron chi connectivity index (χ1n) is 7.28. The van der Waals surface area contributed by atoms with Gasteiger partial charge < -0.3 is 9.47 Å². The minimum atomic E-state index is -2.87. The molecule has 0 aliphatic heterocycles. The van der Waals surface area contributed by atoms with Gasteiger partial charge >= 0.3 is 12.6 Å². The molecule has 0 atom stereocenters. The van der Waals surface area contributed by atoms with Gasteiger partial charge in [-0.2, -0.15) is 13.9 Å². The molecule has 0 N–H and O–H groups in total. The molecule has 0 saturated carbocycles. The molecule has 0 saturated heterocycles. The maximum atomic E-state index is 12.2. The smallest absolute Gasteiger partial charge is 0.387 e. The van der Waals surface area contributed by atoms with E-state index >= 15 is 0 Å². The van der Waals surface area contributed by atoms with Gasteiger partial charge in [0.05, 0.1) is 23.7 Å². The summed E-state index contributed by atoms with van der Waals surface area (Å²) in [5, 5.41) is 4.42. The van der Waals surface area contributed by atoms with Gasteiger partial charge in [0.25, 0.3) is 0 Å². The number of hydrogen-bond acceptors (Lipinski definition) is 4.